The largest absolute Gasteiger partial charge is 0.491 e. The van der Waals surface area contributed by atoms with Crippen molar-refractivity contribution in [2.75, 3.05) is 33.4 Å². The third-order valence-electron chi connectivity index (χ3n) is 5.13. The molecule has 0 heterocycles. The van der Waals surface area contributed by atoms with Crippen molar-refractivity contribution in [3.8, 4) is 5.75 Å². The van der Waals surface area contributed by atoms with Crippen LogP contribution in [-0.2, 0) is 16.1 Å². The lowest BCUT2D eigenvalue weighted by molar-refractivity contribution is -0.121. The number of aliphatic imine (C=N–C) groups is 1. The Kier molecular flexibility index (Phi) is 14.3. The Morgan fingerprint density at radius 1 is 1.16 bits per heavy atom. The zero-order valence-corrected chi connectivity index (χ0v) is 21.5. The van der Waals surface area contributed by atoms with Crippen LogP contribution < -0.4 is 20.7 Å². The van der Waals surface area contributed by atoms with Crippen LogP contribution in [0.15, 0.2) is 23.2 Å². The second kappa shape index (κ2) is 16.1. The molecule has 0 radical (unpaired) electrons. The minimum Gasteiger partial charge on any atom is -0.491 e. The van der Waals surface area contributed by atoms with Crippen LogP contribution in [0.5, 0.6) is 5.75 Å². The lowest BCUT2D eigenvalue weighted by Crippen LogP contribution is -2.41. The Balaban J connectivity index is 0.00000480. The molecular weight excluding hydrogens is 507 g/mol. The van der Waals surface area contributed by atoms with Crippen LogP contribution in [0.4, 0.5) is 0 Å². The first kappa shape index (κ1) is 27.5. The van der Waals surface area contributed by atoms with Gasteiger partial charge in [0.2, 0.25) is 5.91 Å². The molecule has 2 rings (SSSR count). The van der Waals surface area contributed by atoms with Crippen molar-refractivity contribution in [3.63, 3.8) is 0 Å². The van der Waals surface area contributed by atoms with Gasteiger partial charge >= 0.3 is 0 Å². The highest BCUT2D eigenvalue weighted by Gasteiger charge is 2.15. The highest BCUT2D eigenvalue weighted by molar-refractivity contribution is 14.0. The van der Waals surface area contributed by atoms with E-state index in [2.05, 4.69) is 27.0 Å². The highest BCUT2D eigenvalue weighted by Crippen LogP contribution is 2.21. The third kappa shape index (κ3) is 11.0. The van der Waals surface area contributed by atoms with Gasteiger partial charge in [-0.25, -0.2) is 4.99 Å². The molecule has 1 aromatic carbocycles. The number of nitrogens with one attached hydrogen (secondary N) is 3. The zero-order valence-electron chi connectivity index (χ0n) is 19.2. The summed E-state index contributed by atoms with van der Waals surface area (Å²) in [5, 5.41) is 9.65. The normalized spacial score (nSPS) is 14.5. The minimum absolute atomic E-state index is 0. The molecule has 0 unspecified atom stereocenters. The van der Waals surface area contributed by atoms with Gasteiger partial charge in [-0.05, 0) is 38.3 Å². The molecule has 0 aromatic heterocycles. The predicted octanol–water partition coefficient (Wildman–Crippen LogP) is 3.53. The van der Waals surface area contributed by atoms with Gasteiger partial charge in [-0.2, -0.15) is 0 Å². The van der Waals surface area contributed by atoms with Gasteiger partial charge in [0.1, 0.15) is 12.4 Å². The Morgan fingerprint density at radius 2 is 1.94 bits per heavy atom. The average molecular weight is 546 g/mol. The first-order valence-electron chi connectivity index (χ1n) is 11.1. The van der Waals surface area contributed by atoms with E-state index in [0.29, 0.717) is 44.7 Å². The van der Waals surface area contributed by atoms with Crippen molar-refractivity contribution in [1.29, 1.82) is 0 Å². The first-order chi connectivity index (χ1) is 14.6. The standard InChI is InChI=1S/C23H38N4O3.HI/c1-4-24-23(25-13-12-22(28)27-20-8-6-5-7-9-20)26-17-19-11-10-18(2)16-21(19)30-15-14-29-3;/h10-11,16,20H,4-9,12-15,17H2,1-3H3,(H,27,28)(H2,24,25,26);1H. The number of rotatable bonds is 11. The molecule has 1 aliphatic rings. The average Bonchev–Trinajstić information content (AvgIpc) is 2.74. The fourth-order valence-corrected chi connectivity index (χ4v) is 3.51. The van der Waals surface area contributed by atoms with Crippen molar-refractivity contribution < 1.29 is 14.3 Å². The lowest BCUT2D eigenvalue weighted by Gasteiger charge is -2.22. The molecule has 0 saturated heterocycles. The summed E-state index contributed by atoms with van der Waals surface area (Å²) in [6, 6.07) is 6.48. The minimum atomic E-state index is 0. The summed E-state index contributed by atoms with van der Waals surface area (Å²) < 4.78 is 10.9. The molecule has 0 spiro atoms. The van der Waals surface area contributed by atoms with E-state index in [0.717, 1.165) is 36.3 Å². The summed E-state index contributed by atoms with van der Waals surface area (Å²) in [7, 11) is 1.66. The summed E-state index contributed by atoms with van der Waals surface area (Å²) in [6.07, 6.45) is 6.38. The number of amides is 1. The zero-order chi connectivity index (χ0) is 21.6. The number of aryl methyl sites for hydroxylation is 1. The number of ether oxygens (including phenoxy) is 2. The molecule has 1 amide bonds. The Morgan fingerprint density at radius 3 is 2.65 bits per heavy atom. The van der Waals surface area contributed by atoms with Crippen LogP contribution >= 0.6 is 24.0 Å². The Labute approximate surface area is 204 Å². The number of nitrogens with zero attached hydrogens (tertiary/aromatic N) is 1. The number of guanidine groups is 1. The maximum absolute atomic E-state index is 12.2. The van der Waals surface area contributed by atoms with E-state index < -0.39 is 0 Å². The summed E-state index contributed by atoms with van der Waals surface area (Å²) in [4.78, 5) is 16.9. The monoisotopic (exact) mass is 546 g/mol. The van der Waals surface area contributed by atoms with Crippen molar-refractivity contribution >= 4 is 35.8 Å². The number of hydrogen-bond donors (Lipinski definition) is 3. The van der Waals surface area contributed by atoms with E-state index in [1.165, 1.54) is 19.3 Å². The van der Waals surface area contributed by atoms with E-state index in [1.807, 2.05) is 26.0 Å². The SMILES string of the molecule is CCNC(=NCc1ccc(C)cc1OCCOC)NCCC(=O)NC1CCCCC1.I. The van der Waals surface area contributed by atoms with Gasteiger partial charge in [-0.1, -0.05) is 31.4 Å². The topological polar surface area (TPSA) is 84.0 Å². The first-order valence-corrected chi connectivity index (χ1v) is 11.1. The van der Waals surface area contributed by atoms with Gasteiger partial charge in [0.05, 0.1) is 13.2 Å². The number of halogens is 1. The van der Waals surface area contributed by atoms with E-state index in [4.69, 9.17) is 9.47 Å². The molecule has 1 aliphatic carbocycles. The van der Waals surface area contributed by atoms with Crippen LogP contribution in [0.25, 0.3) is 0 Å². The van der Waals surface area contributed by atoms with Crippen molar-refractivity contribution in [1.82, 2.24) is 16.0 Å². The summed E-state index contributed by atoms with van der Waals surface area (Å²) in [5.74, 6) is 1.64. The van der Waals surface area contributed by atoms with Gasteiger partial charge in [0, 0.05) is 38.2 Å². The van der Waals surface area contributed by atoms with Gasteiger partial charge in [-0.15, -0.1) is 24.0 Å². The summed E-state index contributed by atoms with van der Waals surface area (Å²) in [5.41, 5.74) is 2.16. The molecule has 176 valence electrons. The van der Waals surface area contributed by atoms with Gasteiger partial charge in [0.25, 0.3) is 0 Å². The molecule has 1 saturated carbocycles. The number of hydrogen-bond acceptors (Lipinski definition) is 4. The Bertz CT molecular complexity index is 679. The van der Waals surface area contributed by atoms with Crippen molar-refractivity contribution in [2.45, 2.75) is 65.0 Å². The van der Waals surface area contributed by atoms with Crippen molar-refractivity contribution in [2.24, 2.45) is 4.99 Å². The van der Waals surface area contributed by atoms with Crippen LogP contribution in [0, 0.1) is 6.92 Å². The molecule has 8 heteroatoms. The maximum atomic E-state index is 12.2. The van der Waals surface area contributed by atoms with Gasteiger partial charge in [0.15, 0.2) is 5.96 Å². The molecule has 0 atom stereocenters. The predicted molar refractivity (Wildman–Crippen MR) is 136 cm³/mol. The molecule has 0 bridgehead atoms. The van der Waals surface area contributed by atoms with E-state index in [1.54, 1.807) is 7.11 Å². The fraction of sp³-hybridized carbons (Fsp3) is 0.652. The summed E-state index contributed by atoms with van der Waals surface area (Å²) >= 11 is 0. The van der Waals surface area contributed by atoms with Gasteiger partial charge in [-0.3, -0.25) is 4.79 Å². The number of methoxy groups -OCH3 is 1. The van der Waals surface area contributed by atoms with Crippen LogP contribution in [-0.4, -0.2) is 51.3 Å². The highest BCUT2D eigenvalue weighted by atomic mass is 127. The van der Waals surface area contributed by atoms with Gasteiger partial charge < -0.3 is 25.4 Å². The quantitative estimate of drug-likeness (QED) is 0.171. The maximum Gasteiger partial charge on any atom is 0.221 e. The number of benzene rings is 1. The van der Waals surface area contributed by atoms with Crippen molar-refractivity contribution in [3.05, 3.63) is 29.3 Å². The summed E-state index contributed by atoms with van der Waals surface area (Å²) in [6.45, 7) is 6.92. The molecule has 31 heavy (non-hydrogen) atoms. The van der Waals surface area contributed by atoms with Crippen LogP contribution in [0.3, 0.4) is 0 Å². The number of carbonyl (C=O) groups excluding carboxylic acids is 1. The molecule has 3 N–H and O–H groups in total. The molecule has 0 aliphatic heterocycles. The second-order valence-corrected chi connectivity index (χ2v) is 7.73. The lowest BCUT2D eigenvalue weighted by atomic mass is 9.95. The third-order valence-corrected chi connectivity index (χ3v) is 5.13. The van der Waals surface area contributed by atoms with E-state index >= 15 is 0 Å². The Hall–Kier alpha value is -1.55. The van der Waals surface area contributed by atoms with Crippen LogP contribution in [0.2, 0.25) is 0 Å². The van der Waals surface area contributed by atoms with E-state index in [9.17, 15) is 4.79 Å². The number of carbonyl (C=O) groups is 1. The van der Waals surface area contributed by atoms with E-state index in [-0.39, 0.29) is 29.9 Å². The second-order valence-electron chi connectivity index (χ2n) is 7.73. The smallest absolute Gasteiger partial charge is 0.221 e. The van der Waals surface area contributed by atoms with Crippen LogP contribution in [0.1, 0.15) is 56.6 Å². The molecule has 1 aromatic rings. The molecule has 1 fully saturated rings. The fourth-order valence-electron chi connectivity index (χ4n) is 3.51. The molecular formula is C23H39IN4O3. The molecule has 7 nitrogen and oxygen atoms in total.